The summed E-state index contributed by atoms with van der Waals surface area (Å²) in [5.74, 6) is -1.56. The number of ketones is 2. The number of allylic oxidation sites excluding steroid dienone is 1. The molecule has 1 spiro atoms. The highest BCUT2D eigenvalue weighted by atomic mass is 16.2. The Labute approximate surface area is 258 Å². The maximum Gasteiger partial charge on any atom is 0.238 e. The molecule has 0 saturated carbocycles. The molecular weight excluding hydrogens is 544 g/mol. The van der Waals surface area contributed by atoms with E-state index in [1.165, 1.54) is 5.56 Å². The van der Waals surface area contributed by atoms with Crippen LogP contribution in [0.1, 0.15) is 70.5 Å². The zero-order chi connectivity index (χ0) is 30.4. The number of rotatable bonds is 8. The molecule has 5 nitrogen and oxygen atoms in total. The van der Waals surface area contributed by atoms with E-state index in [9.17, 15) is 9.59 Å². The molecule has 3 heterocycles. The normalized spacial score (nSPS) is 23.0. The standard InChI is InChI=1S/C39H36N2O3/c1-3-4-6-13-26-20-22-28(23-21-26)36(42)34-35(37(43)27-14-7-5-8-15-27)41-32-19-12-9-16-29(32)25(2)24-33(41)39(34)30-17-10-11-18-31(30)40-38(39)44/h5,7-12,14-24,33-35H,3-4,6,13H2,1-2H3,(H,40,44). The number of anilines is 2. The number of nitrogens with zero attached hydrogens (tertiary/aromatic N) is 1. The first kappa shape index (κ1) is 28.0. The van der Waals surface area contributed by atoms with Crippen LogP contribution in [0.25, 0.3) is 5.57 Å². The van der Waals surface area contributed by atoms with Gasteiger partial charge in [-0.05, 0) is 48.6 Å². The molecule has 220 valence electrons. The summed E-state index contributed by atoms with van der Waals surface area (Å²) in [5.41, 5.74) is 5.26. The molecule has 0 bridgehead atoms. The molecule has 1 fully saturated rings. The number of unbranched alkanes of at least 4 members (excludes halogenated alkanes) is 2. The largest absolute Gasteiger partial charge is 0.352 e. The van der Waals surface area contributed by atoms with Gasteiger partial charge >= 0.3 is 0 Å². The van der Waals surface area contributed by atoms with E-state index in [4.69, 9.17) is 0 Å². The van der Waals surface area contributed by atoms with Gasteiger partial charge in [-0.3, -0.25) is 14.4 Å². The van der Waals surface area contributed by atoms with Gasteiger partial charge in [-0.15, -0.1) is 0 Å². The van der Waals surface area contributed by atoms with Gasteiger partial charge in [0, 0.05) is 28.1 Å². The summed E-state index contributed by atoms with van der Waals surface area (Å²) < 4.78 is 0. The summed E-state index contributed by atoms with van der Waals surface area (Å²) in [6.45, 7) is 4.23. The minimum Gasteiger partial charge on any atom is -0.352 e. The predicted octanol–water partition coefficient (Wildman–Crippen LogP) is 7.67. The minimum atomic E-state index is -1.31. The third-order valence-electron chi connectivity index (χ3n) is 9.80. The van der Waals surface area contributed by atoms with Crippen LogP contribution in [0, 0.1) is 5.92 Å². The van der Waals surface area contributed by atoms with Crippen molar-refractivity contribution < 1.29 is 14.4 Å². The van der Waals surface area contributed by atoms with Crippen molar-refractivity contribution in [2.75, 3.05) is 10.2 Å². The van der Waals surface area contributed by atoms with Gasteiger partial charge in [0.25, 0.3) is 0 Å². The van der Waals surface area contributed by atoms with Crippen molar-refractivity contribution >= 4 is 34.4 Å². The Hall–Kier alpha value is -4.77. The molecule has 4 atom stereocenters. The summed E-state index contributed by atoms with van der Waals surface area (Å²) in [6, 6.07) is 31.2. The Balaban J connectivity index is 1.46. The molecular formula is C39H36N2O3. The molecule has 0 aliphatic carbocycles. The van der Waals surface area contributed by atoms with E-state index < -0.39 is 23.4 Å². The fourth-order valence-electron chi connectivity index (χ4n) is 7.75. The van der Waals surface area contributed by atoms with Crippen molar-refractivity contribution in [3.05, 3.63) is 137 Å². The minimum absolute atomic E-state index is 0.165. The van der Waals surface area contributed by atoms with E-state index in [2.05, 4.69) is 23.2 Å². The topological polar surface area (TPSA) is 66.5 Å². The van der Waals surface area contributed by atoms with Gasteiger partial charge in [0.2, 0.25) is 5.91 Å². The summed E-state index contributed by atoms with van der Waals surface area (Å²) in [5, 5.41) is 3.12. The van der Waals surface area contributed by atoms with Gasteiger partial charge in [0.1, 0.15) is 11.5 Å². The van der Waals surface area contributed by atoms with Crippen molar-refractivity contribution in [3.8, 4) is 0 Å². The van der Waals surface area contributed by atoms with Gasteiger partial charge in [-0.25, -0.2) is 0 Å². The molecule has 4 aromatic rings. The number of fused-ring (bicyclic) bond motifs is 6. The van der Waals surface area contributed by atoms with Gasteiger partial charge in [-0.2, -0.15) is 0 Å². The van der Waals surface area contributed by atoms with Crippen molar-refractivity contribution in [2.45, 2.75) is 57.0 Å². The average molecular weight is 581 g/mol. The fourth-order valence-corrected chi connectivity index (χ4v) is 7.75. The number of benzene rings is 4. The maximum absolute atomic E-state index is 15.0. The quantitative estimate of drug-likeness (QED) is 0.172. The van der Waals surface area contributed by atoms with E-state index in [0.717, 1.165) is 48.1 Å². The van der Waals surface area contributed by atoms with Crippen molar-refractivity contribution in [1.29, 1.82) is 0 Å². The molecule has 3 aliphatic rings. The van der Waals surface area contributed by atoms with E-state index in [-0.39, 0.29) is 17.5 Å². The number of Topliss-reactive ketones (excluding diaryl/α,β-unsaturated/α-hetero) is 2. The molecule has 5 heteroatoms. The van der Waals surface area contributed by atoms with Gasteiger partial charge < -0.3 is 10.2 Å². The van der Waals surface area contributed by atoms with E-state index in [1.807, 2.05) is 97.9 Å². The Morgan fingerprint density at radius 1 is 0.795 bits per heavy atom. The monoisotopic (exact) mass is 580 g/mol. The highest BCUT2D eigenvalue weighted by Gasteiger charge is 2.70. The third kappa shape index (κ3) is 4.17. The van der Waals surface area contributed by atoms with Crippen LogP contribution in [0.4, 0.5) is 11.4 Å². The molecule has 4 aromatic carbocycles. The zero-order valence-electron chi connectivity index (χ0n) is 25.1. The first-order valence-electron chi connectivity index (χ1n) is 15.7. The SMILES string of the molecule is CCCCCc1ccc(C(=O)C2C(C(=O)c3ccccc3)N3c4ccccc4C(C)=CC3C23C(=O)Nc2ccccc23)cc1. The van der Waals surface area contributed by atoms with E-state index >= 15 is 4.79 Å². The number of nitrogens with one attached hydrogen (secondary N) is 1. The van der Waals surface area contributed by atoms with Crippen LogP contribution in [-0.2, 0) is 16.6 Å². The first-order valence-corrected chi connectivity index (χ1v) is 15.7. The number of amides is 1. The number of hydrogen-bond acceptors (Lipinski definition) is 4. The summed E-state index contributed by atoms with van der Waals surface area (Å²) in [6.07, 6.45) is 6.46. The lowest BCUT2D eigenvalue weighted by atomic mass is 9.64. The number of hydrogen-bond donors (Lipinski definition) is 1. The lowest BCUT2D eigenvalue weighted by molar-refractivity contribution is -0.121. The second-order valence-corrected chi connectivity index (χ2v) is 12.3. The van der Waals surface area contributed by atoms with Gasteiger partial charge in [0.15, 0.2) is 11.6 Å². The van der Waals surface area contributed by atoms with Crippen LogP contribution in [-0.4, -0.2) is 29.6 Å². The number of carbonyl (C=O) groups excluding carboxylic acids is 3. The van der Waals surface area contributed by atoms with Crippen LogP contribution in [0.2, 0.25) is 0 Å². The summed E-state index contributed by atoms with van der Waals surface area (Å²) in [4.78, 5) is 46.4. The molecule has 1 amide bonds. The Bertz CT molecular complexity index is 1790. The van der Waals surface area contributed by atoms with Crippen molar-refractivity contribution in [1.82, 2.24) is 0 Å². The molecule has 44 heavy (non-hydrogen) atoms. The van der Waals surface area contributed by atoms with E-state index in [0.29, 0.717) is 16.8 Å². The summed E-state index contributed by atoms with van der Waals surface area (Å²) >= 11 is 0. The second kappa shape index (κ2) is 11.1. The third-order valence-corrected chi connectivity index (χ3v) is 9.80. The molecule has 1 N–H and O–H groups in total. The van der Waals surface area contributed by atoms with Crippen LogP contribution >= 0.6 is 0 Å². The van der Waals surface area contributed by atoms with E-state index in [1.54, 1.807) is 12.1 Å². The fraction of sp³-hybridized carbons (Fsp3) is 0.256. The molecule has 7 rings (SSSR count). The molecule has 3 aliphatic heterocycles. The molecule has 4 unspecified atom stereocenters. The molecule has 1 saturated heterocycles. The molecule has 0 radical (unpaired) electrons. The molecule has 0 aromatic heterocycles. The smallest absolute Gasteiger partial charge is 0.238 e. The summed E-state index contributed by atoms with van der Waals surface area (Å²) in [7, 11) is 0. The Morgan fingerprint density at radius 2 is 1.48 bits per heavy atom. The van der Waals surface area contributed by atoms with Crippen LogP contribution in [0.15, 0.2) is 109 Å². The first-order chi connectivity index (χ1) is 21.5. The lowest BCUT2D eigenvalue weighted by Crippen LogP contribution is -2.51. The van der Waals surface area contributed by atoms with Crippen LogP contribution in [0.5, 0.6) is 0 Å². The van der Waals surface area contributed by atoms with Crippen molar-refractivity contribution in [3.63, 3.8) is 0 Å². The predicted molar refractivity (Wildman–Crippen MR) is 175 cm³/mol. The highest BCUT2D eigenvalue weighted by Crippen LogP contribution is 2.58. The average Bonchev–Trinajstić information content (AvgIpc) is 3.53. The number of carbonyl (C=O) groups is 3. The highest BCUT2D eigenvalue weighted by molar-refractivity contribution is 6.18. The Kier molecular flexibility index (Phi) is 7.04. The van der Waals surface area contributed by atoms with Gasteiger partial charge in [0.05, 0.1) is 12.0 Å². The second-order valence-electron chi connectivity index (χ2n) is 12.3. The lowest BCUT2D eigenvalue weighted by Gasteiger charge is -2.39. The number of aryl methyl sites for hydroxylation is 1. The van der Waals surface area contributed by atoms with Crippen molar-refractivity contribution in [2.24, 2.45) is 5.92 Å². The van der Waals surface area contributed by atoms with Crippen LogP contribution in [0.3, 0.4) is 0 Å². The Morgan fingerprint density at radius 3 is 2.25 bits per heavy atom. The zero-order valence-corrected chi connectivity index (χ0v) is 25.1. The van der Waals surface area contributed by atoms with Gasteiger partial charge in [-0.1, -0.05) is 117 Å². The number of para-hydroxylation sites is 2. The van der Waals surface area contributed by atoms with Crippen LogP contribution < -0.4 is 10.2 Å². The maximum atomic E-state index is 15.0.